The van der Waals surface area contributed by atoms with Gasteiger partial charge in [0.1, 0.15) is 39.4 Å². The van der Waals surface area contributed by atoms with E-state index in [4.69, 9.17) is 14.5 Å². The number of piperidine rings is 4. The van der Waals surface area contributed by atoms with Gasteiger partial charge in [-0.1, -0.05) is 36.5 Å². The number of thiazole rings is 2. The topological polar surface area (TPSA) is 265 Å². The number of aromatic nitrogens is 4. The number of pyridine rings is 2. The van der Waals surface area contributed by atoms with Crippen molar-refractivity contribution in [1.82, 2.24) is 55.5 Å². The molecule has 0 spiro atoms. The molecule has 27 heteroatoms. The van der Waals surface area contributed by atoms with E-state index in [1.54, 1.807) is 67.2 Å². The molecule has 2 unspecified atom stereocenters. The molecule has 109 heavy (non-hydrogen) atoms. The number of carbonyl (C=O) groups excluding carboxylic acids is 8. The normalized spacial score (nSPS) is 19.9. The molecule has 8 amide bonds. The maximum Gasteiger partial charge on any atom is 0.262 e. The number of halogens is 1. The summed E-state index contributed by atoms with van der Waals surface area (Å²) in [6.45, 7) is 13.8. The predicted molar refractivity (Wildman–Crippen MR) is 420 cm³/mol. The van der Waals surface area contributed by atoms with Gasteiger partial charge in [-0.05, 0) is 210 Å². The van der Waals surface area contributed by atoms with Gasteiger partial charge in [-0.3, -0.25) is 68.6 Å². The fourth-order valence-corrected chi connectivity index (χ4v) is 17.0. The van der Waals surface area contributed by atoms with Crippen LogP contribution in [0.25, 0.3) is 44.7 Å². The Kier molecular flexibility index (Phi) is 23.9. The summed E-state index contributed by atoms with van der Waals surface area (Å²) in [6, 6.07) is 27.9. The predicted octanol–water partition coefficient (Wildman–Crippen LogP) is 10.4. The number of fused-ring (bicyclic) bond motifs is 4. The highest BCUT2D eigenvalue weighted by Gasteiger charge is 2.47. The number of hydrogen-bond donors (Lipinski definition) is 3. The number of amides is 8. The van der Waals surface area contributed by atoms with E-state index in [0.29, 0.717) is 28.2 Å². The van der Waals surface area contributed by atoms with Crippen LogP contribution in [0.1, 0.15) is 127 Å². The highest BCUT2D eigenvalue weighted by Crippen LogP contribution is 2.35. The number of piperazine rings is 2. The van der Waals surface area contributed by atoms with E-state index in [-0.39, 0.29) is 37.5 Å². The molecule has 2 atom stereocenters. The molecule has 6 fully saturated rings. The number of allylic oxidation sites excluding steroid dienone is 4. The van der Waals surface area contributed by atoms with Crippen molar-refractivity contribution in [3.05, 3.63) is 183 Å². The molecule has 8 aromatic rings. The third-order valence-electron chi connectivity index (χ3n) is 21.4. The lowest BCUT2D eigenvalue weighted by molar-refractivity contribution is -0.137. The van der Waals surface area contributed by atoms with Gasteiger partial charge in [0.2, 0.25) is 29.6 Å². The molecule has 8 aliphatic rings. The Labute approximate surface area is 639 Å². The highest BCUT2D eigenvalue weighted by atomic mass is 32.1. The number of nitrogens with one attached hydrogen (secondary N) is 3. The van der Waals surface area contributed by atoms with Gasteiger partial charge in [0, 0.05) is 102 Å². The number of anilines is 3. The molecule has 0 aliphatic carbocycles. The van der Waals surface area contributed by atoms with E-state index in [2.05, 4.69) is 73.6 Å². The molecule has 0 bridgehead atoms. The summed E-state index contributed by atoms with van der Waals surface area (Å²) in [5.41, 5.74) is 6.98. The second-order valence-electron chi connectivity index (χ2n) is 28.3. The molecule has 3 N–H and O–H groups in total. The molecule has 564 valence electrons. The number of benzene rings is 4. The van der Waals surface area contributed by atoms with Crippen LogP contribution in [-0.2, 0) is 19.2 Å². The molecule has 4 aromatic carbocycles. The fraction of sp³-hybridized carbons (Fsp3) is 0.366. The number of ether oxygens (including phenoxy) is 2. The van der Waals surface area contributed by atoms with Crippen LogP contribution in [0.5, 0.6) is 11.5 Å². The van der Waals surface area contributed by atoms with Crippen molar-refractivity contribution in [2.75, 3.05) is 121 Å². The molecule has 6 saturated heterocycles. The monoisotopic (exact) mass is 1510 g/mol. The van der Waals surface area contributed by atoms with E-state index in [1.165, 1.54) is 37.9 Å². The van der Waals surface area contributed by atoms with Gasteiger partial charge in [0.25, 0.3) is 23.6 Å². The maximum absolute atomic E-state index is 13.3. The average molecular weight is 1510 g/mol. The number of nitrogens with zero attached hydrogens (tertiary/aromatic N) is 11. The minimum absolute atomic E-state index is 0.105. The summed E-state index contributed by atoms with van der Waals surface area (Å²) in [4.78, 5) is 132. The number of carbonyl (C=O) groups is 8. The average Bonchev–Trinajstić information content (AvgIpc) is 1.61. The van der Waals surface area contributed by atoms with Crippen LogP contribution in [0.3, 0.4) is 0 Å². The van der Waals surface area contributed by atoms with Crippen LogP contribution in [0.2, 0.25) is 0 Å². The Hall–Kier alpha value is -10.7. The first kappa shape index (κ1) is 75.1. The molecular weight excluding hydrogens is 1420 g/mol. The van der Waals surface area contributed by atoms with Gasteiger partial charge in [-0.15, -0.1) is 22.7 Å². The first-order chi connectivity index (χ1) is 53.1. The van der Waals surface area contributed by atoms with Crippen LogP contribution in [0, 0.1) is 17.8 Å². The van der Waals surface area contributed by atoms with Crippen LogP contribution < -0.4 is 40.1 Å². The van der Waals surface area contributed by atoms with Crippen LogP contribution >= 0.6 is 22.7 Å². The molecule has 8 aliphatic heterocycles. The van der Waals surface area contributed by atoms with Gasteiger partial charge < -0.3 is 29.5 Å². The molecule has 12 heterocycles. The first-order valence-electron chi connectivity index (χ1n) is 37.4. The molecule has 16 rings (SSSR count). The summed E-state index contributed by atoms with van der Waals surface area (Å²) in [6.07, 6.45) is 27.0. The van der Waals surface area contributed by atoms with Gasteiger partial charge in [-0.2, -0.15) is 4.39 Å². The Morgan fingerprint density at radius 1 is 0.468 bits per heavy atom. The maximum atomic E-state index is 13.3. The van der Waals surface area contributed by atoms with Crippen LogP contribution in [0.4, 0.5) is 21.6 Å². The van der Waals surface area contributed by atoms with Gasteiger partial charge in [-0.25, -0.2) is 19.9 Å². The number of imide groups is 4. The molecule has 0 radical (unpaired) electrons. The largest absolute Gasteiger partial charge is 0.497 e. The smallest absolute Gasteiger partial charge is 0.262 e. The van der Waals surface area contributed by atoms with Gasteiger partial charge in [0.15, 0.2) is 0 Å². The number of rotatable bonds is 19. The third-order valence-corrected chi connectivity index (χ3v) is 23.4. The summed E-state index contributed by atoms with van der Waals surface area (Å²) < 4.78 is 25.4. The van der Waals surface area contributed by atoms with E-state index < -0.39 is 53.5 Å². The second kappa shape index (κ2) is 34.7. The zero-order chi connectivity index (χ0) is 75.5. The zero-order valence-electron chi connectivity index (χ0n) is 61.0. The quantitative estimate of drug-likeness (QED) is 0.0386. The van der Waals surface area contributed by atoms with Gasteiger partial charge >= 0.3 is 0 Å². The third kappa shape index (κ3) is 18.0. The Morgan fingerprint density at radius 2 is 0.917 bits per heavy atom. The van der Waals surface area contributed by atoms with Crippen LogP contribution in [0.15, 0.2) is 134 Å². The second-order valence-corrected chi connectivity index (χ2v) is 30.4. The van der Waals surface area contributed by atoms with E-state index in [9.17, 15) is 42.7 Å². The van der Waals surface area contributed by atoms with Crippen molar-refractivity contribution in [1.29, 1.82) is 0 Å². The fourth-order valence-electron chi connectivity index (χ4n) is 15.1. The van der Waals surface area contributed by atoms with Crippen molar-refractivity contribution < 1.29 is 52.2 Å². The zero-order valence-corrected chi connectivity index (χ0v) is 62.6. The van der Waals surface area contributed by atoms with Crippen molar-refractivity contribution >= 4 is 132 Å². The lowest BCUT2D eigenvalue weighted by Gasteiger charge is -2.38. The van der Waals surface area contributed by atoms with E-state index in [0.717, 1.165) is 190 Å². The lowest BCUT2D eigenvalue weighted by Crippen LogP contribution is -2.54. The van der Waals surface area contributed by atoms with Crippen molar-refractivity contribution in [2.24, 2.45) is 11.8 Å². The first-order valence-corrected chi connectivity index (χ1v) is 39.0. The lowest BCUT2D eigenvalue weighted by atomic mass is 9.93. The summed E-state index contributed by atoms with van der Waals surface area (Å²) in [5.74, 6) is -0.0334. The van der Waals surface area contributed by atoms with Crippen molar-refractivity contribution in [3.8, 4) is 11.5 Å². The minimum atomic E-state index is -0.956. The standard InChI is InChI=1S/C41H43N7O5S.C24H31N5O4.C17H13FN2OS/c1-53-30-8-10-33-35(25-30)54-38(43-33)5-3-2-4-28-6-12-36(42-26-28)47-18-15-27(16-19-47)14-17-45-20-22-46(23-21-45)29-7-9-31-32(24-29)41(52)48(40(31)51)34-11-13-37(49)44-39(34)50;30-21-4-3-20(22(31)26-21)29-23(32)18-2-1-17(15-19(18)24(29)33)28-13-11-27(12-14-28)10-7-16-5-8-25-9-6-16;1-21-13-7-8-14-15(10-13)22-17(20-14)5-3-2-4-12-6-9-16(18)19-11-12/h2-10,12,24-27,34H,11,13-23H2,1H3,(H,44,49,50);1-2,15-16,20,25H,3-14H2,(H,26,30,31);2-11H,1H3/b4-2+,5-3+;;4-2+,5-3+. The minimum Gasteiger partial charge on any atom is -0.497 e. The van der Waals surface area contributed by atoms with Crippen molar-refractivity contribution in [3.63, 3.8) is 0 Å². The molecular formula is C82H87FN14O10S2. The molecule has 0 saturated carbocycles. The summed E-state index contributed by atoms with van der Waals surface area (Å²) >= 11 is 3.24. The highest BCUT2D eigenvalue weighted by molar-refractivity contribution is 7.19. The summed E-state index contributed by atoms with van der Waals surface area (Å²) in [7, 11) is 3.32. The number of hydrogen-bond acceptors (Lipinski definition) is 22. The van der Waals surface area contributed by atoms with Gasteiger partial charge in [0.05, 0.1) is 56.9 Å². The Morgan fingerprint density at radius 3 is 1.36 bits per heavy atom. The van der Waals surface area contributed by atoms with Crippen molar-refractivity contribution in [2.45, 2.75) is 76.3 Å². The summed E-state index contributed by atoms with van der Waals surface area (Å²) in [5, 5.41) is 9.78. The van der Waals surface area contributed by atoms with E-state index in [1.807, 2.05) is 97.3 Å². The SMILES string of the molecule is COc1ccc2nc(/C=C/C=C/c3ccc(F)nc3)sc2c1.COc1ccc2nc(/C=C/C=C/c3ccc(N4CCC(CCN5CCN(c6ccc7c(c6)C(=O)N(C6CCC(=O)NC6=O)C7=O)CC5)CC4)nc3)sc2c1.O=C1CCC(N2C(=O)c3ccc(N4CCN(CCC5CCNCC5)CC4)cc3C2=O)C(=O)N1. The Balaban J connectivity index is 0.000000152. The van der Waals surface area contributed by atoms with E-state index >= 15 is 0 Å². The van der Waals surface area contributed by atoms with Crippen LogP contribution in [-0.4, -0.2) is 205 Å². The molecule has 4 aromatic heterocycles. The Bertz CT molecular complexity index is 4840. The molecule has 24 nitrogen and oxygen atoms in total. The number of methoxy groups -OCH3 is 2.